The third-order valence-corrected chi connectivity index (χ3v) is 14.4. The molecule has 0 bridgehead atoms. The summed E-state index contributed by atoms with van der Waals surface area (Å²) in [4.78, 5) is 0. The van der Waals surface area contributed by atoms with Gasteiger partial charge in [-0.1, -0.05) is 87.6 Å². The molecule has 0 saturated carbocycles. The Labute approximate surface area is 197 Å². The molecule has 1 atom stereocenters. The van der Waals surface area contributed by atoms with Crippen molar-refractivity contribution in [3.63, 3.8) is 0 Å². The number of rotatable bonds is 10. The first kappa shape index (κ1) is 26.4. The van der Waals surface area contributed by atoms with Crippen LogP contribution in [0.3, 0.4) is 0 Å². The van der Waals surface area contributed by atoms with Gasteiger partial charge in [-0.05, 0) is 48.3 Å². The van der Waals surface area contributed by atoms with Gasteiger partial charge in [0.1, 0.15) is 0 Å². The standard InChI is InChI=1S/C27H42O3Si2/c1-27(2,3)32(8,9)30-24(22-18-19-25(28-4)26(21-22)29-5)17-13-14-20-31(6,7)23-15-11-10-12-16-23/h10-16,18-19,21,24H,17,20H2,1-9H3/b14-13-. The monoisotopic (exact) mass is 470 g/mol. The Morgan fingerprint density at radius 2 is 1.47 bits per heavy atom. The number of ether oxygens (including phenoxy) is 2. The fourth-order valence-electron chi connectivity index (χ4n) is 3.44. The molecule has 0 radical (unpaired) electrons. The van der Waals surface area contributed by atoms with Gasteiger partial charge in [-0.2, -0.15) is 0 Å². The molecule has 0 amide bonds. The van der Waals surface area contributed by atoms with Crippen LogP contribution < -0.4 is 14.7 Å². The van der Waals surface area contributed by atoms with Crippen LogP contribution in [0.15, 0.2) is 60.7 Å². The minimum atomic E-state index is -1.95. The number of hydrogen-bond donors (Lipinski definition) is 0. The highest BCUT2D eigenvalue weighted by atomic mass is 28.4. The maximum atomic E-state index is 6.88. The van der Waals surface area contributed by atoms with E-state index in [4.69, 9.17) is 13.9 Å². The molecule has 0 aliphatic heterocycles. The fraction of sp³-hybridized carbons (Fsp3) is 0.481. The number of hydrogen-bond acceptors (Lipinski definition) is 3. The van der Waals surface area contributed by atoms with Crippen LogP contribution in [0.2, 0.25) is 37.3 Å². The minimum absolute atomic E-state index is 0.00606. The van der Waals surface area contributed by atoms with Crippen LogP contribution in [-0.2, 0) is 4.43 Å². The van der Waals surface area contributed by atoms with Crippen molar-refractivity contribution in [1.82, 2.24) is 0 Å². The average molecular weight is 471 g/mol. The van der Waals surface area contributed by atoms with Crippen LogP contribution in [0.1, 0.15) is 38.9 Å². The van der Waals surface area contributed by atoms with E-state index < -0.39 is 16.4 Å². The molecular weight excluding hydrogens is 428 g/mol. The first-order chi connectivity index (χ1) is 14.9. The zero-order chi connectivity index (χ0) is 24.0. The topological polar surface area (TPSA) is 27.7 Å². The summed E-state index contributed by atoms with van der Waals surface area (Å²) < 4.78 is 17.9. The lowest BCUT2D eigenvalue weighted by Crippen LogP contribution is -2.41. The van der Waals surface area contributed by atoms with Crippen molar-refractivity contribution in [3.8, 4) is 11.5 Å². The molecule has 0 aliphatic rings. The highest BCUT2D eigenvalue weighted by Gasteiger charge is 2.39. The second-order valence-corrected chi connectivity index (χ2v) is 20.2. The highest BCUT2D eigenvalue weighted by molar-refractivity contribution is 6.90. The second-order valence-electron chi connectivity index (χ2n) is 10.6. The van der Waals surface area contributed by atoms with Crippen molar-refractivity contribution in [2.75, 3.05) is 14.2 Å². The smallest absolute Gasteiger partial charge is 0.192 e. The molecule has 0 heterocycles. The molecule has 2 rings (SSSR count). The largest absolute Gasteiger partial charge is 0.493 e. The summed E-state index contributed by atoms with van der Waals surface area (Å²) >= 11 is 0. The van der Waals surface area contributed by atoms with Crippen molar-refractivity contribution >= 4 is 21.6 Å². The fourth-order valence-corrected chi connectivity index (χ4v) is 6.83. The Kier molecular flexibility index (Phi) is 8.97. The SMILES string of the molecule is COc1ccc(C(C/C=C\C[Si](C)(C)c2ccccc2)O[Si](C)(C)C(C)(C)C)cc1OC. The van der Waals surface area contributed by atoms with Crippen molar-refractivity contribution < 1.29 is 13.9 Å². The first-order valence-electron chi connectivity index (χ1n) is 11.5. The van der Waals surface area contributed by atoms with Gasteiger partial charge in [0.2, 0.25) is 0 Å². The van der Waals surface area contributed by atoms with Gasteiger partial charge in [0.15, 0.2) is 19.8 Å². The summed E-state index contributed by atoms with van der Waals surface area (Å²) in [6.45, 7) is 16.4. The van der Waals surface area contributed by atoms with Crippen LogP contribution in [0.4, 0.5) is 0 Å². The molecule has 176 valence electrons. The van der Waals surface area contributed by atoms with Gasteiger partial charge in [-0.15, -0.1) is 0 Å². The second kappa shape index (κ2) is 10.9. The zero-order valence-electron chi connectivity index (χ0n) is 21.5. The van der Waals surface area contributed by atoms with Gasteiger partial charge >= 0.3 is 0 Å². The lowest BCUT2D eigenvalue weighted by Gasteiger charge is -2.39. The van der Waals surface area contributed by atoms with Crippen LogP contribution in [0.25, 0.3) is 0 Å². The average Bonchev–Trinajstić information content (AvgIpc) is 2.75. The zero-order valence-corrected chi connectivity index (χ0v) is 23.5. The van der Waals surface area contributed by atoms with Crippen LogP contribution in [-0.4, -0.2) is 30.6 Å². The maximum Gasteiger partial charge on any atom is 0.192 e. The van der Waals surface area contributed by atoms with E-state index in [1.807, 2.05) is 6.07 Å². The molecule has 0 N–H and O–H groups in total. The number of methoxy groups -OCH3 is 2. The van der Waals surface area contributed by atoms with Crippen LogP contribution in [0, 0.1) is 0 Å². The molecule has 0 spiro atoms. The molecule has 5 heteroatoms. The van der Waals surface area contributed by atoms with Crippen molar-refractivity contribution in [1.29, 1.82) is 0 Å². The third kappa shape index (κ3) is 6.83. The maximum absolute atomic E-state index is 6.88. The summed E-state index contributed by atoms with van der Waals surface area (Å²) in [5.74, 6) is 1.49. The number of benzene rings is 2. The lowest BCUT2D eigenvalue weighted by molar-refractivity contribution is 0.186. The van der Waals surface area contributed by atoms with E-state index in [1.165, 1.54) is 5.19 Å². The van der Waals surface area contributed by atoms with Gasteiger partial charge in [0.25, 0.3) is 0 Å². The molecule has 0 aromatic heterocycles. The van der Waals surface area contributed by atoms with E-state index in [0.29, 0.717) is 0 Å². The first-order valence-corrected chi connectivity index (χ1v) is 17.6. The van der Waals surface area contributed by atoms with E-state index in [9.17, 15) is 0 Å². The molecule has 3 nitrogen and oxygen atoms in total. The van der Waals surface area contributed by atoms with E-state index in [-0.39, 0.29) is 11.1 Å². The summed E-state index contributed by atoms with van der Waals surface area (Å²) in [7, 11) is -0.0861. The Morgan fingerprint density at radius 1 is 0.844 bits per heavy atom. The van der Waals surface area contributed by atoms with Crippen LogP contribution in [0.5, 0.6) is 11.5 Å². The van der Waals surface area contributed by atoms with E-state index in [2.05, 4.69) is 102 Å². The highest BCUT2D eigenvalue weighted by Crippen LogP contribution is 2.41. The van der Waals surface area contributed by atoms with Crippen LogP contribution >= 0.6 is 0 Å². The van der Waals surface area contributed by atoms with Gasteiger partial charge in [0, 0.05) is 0 Å². The molecule has 0 fully saturated rings. The molecular formula is C27H42O3Si2. The van der Waals surface area contributed by atoms with E-state index in [0.717, 1.165) is 29.5 Å². The molecule has 32 heavy (non-hydrogen) atoms. The van der Waals surface area contributed by atoms with Crippen molar-refractivity contribution in [3.05, 3.63) is 66.2 Å². The Bertz CT molecular complexity index is 884. The van der Waals surface area contributed by atoms with Gasteiger partial charge in [-0.25, -0.2) is 0 Å². The third-order valence-electron chi connectivity index (χ3n) is 6.72. The summed E-state index contributed by atoms with van der Waals surface area (Å²) in [6.07, 6.45) is 5.52. The molecule has 1 unspecified atom stereocenters. The molecule has 0 aliphatic carbocycles. The Morgan fingerprint density at radius 3 is 2.03 bits per heavy atom. The minimum Gasteiger partial charge on any atom is -0.493 e. The quantitative estimate of drug-likeness (QED) is 0.269. The summed E-state index contributed by atoms with van der Waals surface area (Å²) in [5, 5.41) is 1.65. The Balaban J connectivity index is 2.24. The van der Waals surface area contributed by atoms with Gasteiger partial charge in [-0.3, -0.25) is 0 Å². The molecule has 2 aromatic carbocycles. The van der Waals surface area contributed by atoms with Crippen molar-refractivity contribution in [2.24, 2.45) is 0 Å². The van der Waals surface area contributed by atoms with E-state index in [1.54, 1.807) is 14.2 Å². The van der Waals surface area contributed by atoms with Crippen molar-refractivity contribution in [2.45, 2.75) is 70.6 Å². The predicted octanol–water partition coefficient (Wildman–Crippen LogP) is 7.33. The van der Waals surface area contributed by atoms with Gasteiger partial charge in [0.05, 0.1) is 28.4 Å². The molecule has 2 aromatic rings. The summed E-state index contributed by atoms with van der Waals surface area (Å²) in [5.41, 5.74) is 1.14. The predicted molar refractivity (Wildman–Crippen MR) is 143 cm³/mol. The normalized spacial score (nSPS) is 13.9. The Hall–Kier alpha value is -1.83. The lowest BCUT2D eigenvalue weighted by atomic mass is 10.1. The van der Waals surface area contributed by atoms with E-state index >= 15 is 0 Å². The number of allylic oxidation sites excluding steroid dienone is 1. The van der Waals surface area contributed by atoms with Gasteiger partial charge < -0.3 is 13.9 Å². The molecule has 0 saturated heterocycles. The summed E-state index contributed by atoms with van der Waals surface area (Å²) in [6, 6.07) is 18.2.